The maximum Gasteiger partial charge on any atom is 0.490 e. The number of sulfone groups is 1. The highest BCUT2D eigenvalue weighted by molar-refractivity contribution is 7.94. The van der Waals surface area contributed by atoms with Gasteiger partial charge in [-0.25, -0.2) is 18.2 Å². The highest BCUT2D eigenvalue weighted by atomic mass is 32.2. The summed E-state index contributed by atoms with van der Waals surface area (Å²) in [4.78, 5) is 13.6. The van der Waals surface area contributed by atoms with Crippen molar-refractivity contribution in [2.45, 2.75) is 37.3 Å². The molecule has 1 aromatic heterocycles. The van der Waals surface area contributed by atoms with Crippen molar-refractivity contribution in [3.8, 4) is 6.07 Å². The summed E-state index contributed by atoms with van der Waals surface area (Å²) in [5.74, 6) is -2.24. The number of hydrogen-bond donors (Lipinski definition) is 1. The van der Waals surface area contributed by atoms with Crippen LogP contribution in [0.5, 0.6) is 0 Å². The van der Waals surface area contributed by atoms with Crippen molar-refractivity contribution in [1.82, 2.24) is 4.98 Å². The summed E-state index contributed by atoms with van der Waals surface area (Å²) in [7, 11) is -3.67. The molecule has 0 aliphatic rings. The number of benzene rings is 2. The van der Waals surface area contributed by atoms with Crippen molar-refractivity contribution in [2.75, 3.05) is 0 Å². The van der Waals surface area contributed by atoms with Crippen molar-refractivity contribution in [3.63, 3.8) is 0 Å². The van der Waals surface area contributed by atoms with E-state index in [0.717, 1.165) is 28.1 Å². The van der Waals surface area contributed by atoms with Gasteiger partial charge < -0.3 is 9.52 Å². The van der Waals surface area contributed by atoms with Crippen LogP contribution in [0.15, 0.2) is 63.3 Å². The molecule has 0 saturated carbocycles. The number of allylic oxidation sites excluding steroid dienone is 1. The maximum atomic E-state index is 12.3. The van der Waals surface area contributed by atoms with E-state index >= 15 is 0 Å². The number of carboxylic acids is 1. The summed E-state index contributed by atoms with van der Waals surface area (Å²) < 4.78 is 62.3. The maximum absolute atomic E-state index is 12.3. The Balaban J connectivity index is 0.000000479. The van der Waals surface area contributed by atoms with Crippen LogP contribution in [0.4, 0.5) is 13.2 Å². The second kappa shape index (κ2) is 9.46. The number of halogens is 3. The van der Waals surface area contributed by atoms with E-state index in [1.807, 2.05) is 45.0 Å². The van der Waals surface area contributed by atoms with Crippen LogP contribution < -0.4 is 0 Å². The second-order valence-electron chi connectivity index (χ2n) is 7.42. The molecule has 0 unspecified atom stereocenters. The van der Waals surface area contributed by atoms with Gasteiger partial charge in [0.05, 0.1) is 16.4 Å². The van der Waals surface area contributed by atoms with Crippen molar-refractivity contribution in [3.05, 3.63) is 71.0 Å². The Hall–Kier alpha value is -3.65. The fourth-order valence-electron chi connectivity index (χ4n) is 2.69. The van der Waals surface area contributed by atoms with Gasteiger partial charge >= 0.3 is 12.1 Å². The Kier molecular flexibility index (Phi) is 7.34. The molecule has 3 aromatic rings. The predicted molar refractivity (Wildman–Crippen MR) is 113 cm³/mol. The number of fused-ring (bicyclic) bond motifs is 1. The summed E-state index contributed by atoms with van der Waals surface area (Å²) in [6.07, 6.45) is -4.13. The molecule has 0 amide bonds. The molecular weight excluding hydrogens is 461 g/mol. The third-order valence-electron chi connectivity index (χ3n) is 4.53. The average Bonchev–Trinajstić information content (AvgIpc) is 3.16. The Bertz CT molecular complexity index is 1350. The van der Waals surface area contributed by atoms with Crippen LogP contribution in [0, 0.1) is 18.3 Å². The zero-order valence-corrected chi connectivity index (χ0v) is 18.5. The normalized spacial score (nSPS) is 12.3. The fraction of sp³-hybridized carbons (Fsp3) is 0.227. The van der Waals surface area contributed by atoms with Crippen LogP contribution in [0.3, 0.4) is 0 Å². The zero-order valence-electron chi connectivity index (χ0n) is 17.7. The van der Waals surface area contributed by atoms with Crippen LogP contribution in [-0.4, -0.2) is 30.7 Å². The van der Waals surface area contributed by atoms with Crippen LogP contribution in [0.25, 0.3) is 11.1 Å². The second-order valence-corrected chi connectivity index (χ2v) is 9.26. The minimum Gasteiger partial charge on any atom is -0.475 e. The number of oxazole rings is 1. The first-order valence-corrected chi connectivity index (χ1v) is 10.8. The van der Waals surface area contributed by atoms with Crippen molar-refractivity contribution in [2.24, 2.45) is 0 Å². The largest absolute Gasteiger partial charge is 0.490 e. The molecule has 0 saturated heterocycles. The van der Waals surface area contributed by atoms with Gasteiger partial charge in [-0.15, -0.1) is 0 Å². The van der Waals surface area contributed by atoms with Gasteiger partial charge in [-0.2, -0.15) is 18.4 Å². The van der Waals surface area contributed by atoms with E-state index in [2.05, 4.69) is 4.98 Å². The van der Waals surface area contributed by atoms with E-state index in [9.17, 15) is 21.6 Å². The molecule has 1 N–H and O–H groups in total. The number of nitrogens with zero attached hydrogens (tertiary/aromatic N) is 2. The van der Waals surface area contributed by atoms with Gasteiger partial charge in [-0.1, -0.05) is 18.2 Å². The number of nitriles is 1. The molecule has 0 fully saturated rings. The summed E-state index contributed by atoms with van der Waals surface area (Å²) >= 11 is 0. The molecule has 2 aromatic carbocycles. The molecule has 0 bridgehead atoms. The number of carboxylic acid groups (broad SMARTS) is 1. The van der Waals surface area contributed by atoms with E-state index in [4.69, 9.17) is 19.6 Å². The van der Waals surface area contributed by atoms with Crippen LogP contribution in [0.1, 0.15) is 30.9 Å². The first-order chi connectivity index (χ1) is 15.2. The Labute approximate surface area is 187 Å². The van der Waals surface area contributed by atoms with Gasteiger partial charge in [0.1, 0.15) is 5.52 Å². The van der Waals surface area contributed by atoms with Crippen molar-refractivity contribution >= 4 is 26.9 Å². The van der Waals surface area contributed by atoms with Crippen LogP contribution in [0.2, 0.25) is 0 Å². The molecule has 1 heterocycles. The highest BCUT2D eigenvalue weighted by Gasteiger charge is 2.38. The molecule has 0 atom stereocenters. The monoisotopic (exact) mass is 480 g/mol. The number of alkyl halides is 3. The number of aliphatic carboxylic acids is 1. The van der Waals surface area contributed by atoms with Gasteiger partial charge in [0, 0.05) is 11.5 Å². The van der Waals surface area contributed by atoms with Gasteiger partial charge in [-0.05, 0) is 56.2 Å². The number of hydrogen-bond acceptors (Lipinski definition) is 6. The standard InChI is InChI=1S/C20H18N2O3S.C2HF3O2/c1-14-8-9-18-17(12-14)22-19(25-18)20(2,3)15-6-4-7-16(13-15)26(23,24)11-5-10-21;3-2(4,5)1(6)7/h4-9,11-13H,1-3H3;(H,6,7)/b11-5+;. The lowest BCUT2D eigenvalue weighted by Gasteiger charge is -2.21. The topological polar surface area (TPSA) is 121 Å². The van der Waals surface area contributed by atoms with Crippen LogP contribution in [-0.2, 0) is 20.0 Å². The van der Waals surface area contributed by atoms with E-state index in [1.54, 1.807) is 18.2 Å². The van der Waals surface area contributed by atoms with Gasteiger partial charge in [0.15, 0.2) is 5.58 Å². The van der Waals surface area contributed by atoms with Crippen LogP contribution >= 0.6 is 0 Å². The third-order valence-corrected chi connectivity index (χ3v) is 5.93. The van der Waals surface area contributed by atoms with E-state index in [1.165, 1.54) is 6.07 Å². The minimum atomic E-state index is -5.08. The molecule has 0 radical (unpaired) electrons. The summed E-state index contributed by atoms with van der Waals surface area (Å²) in [6, 6.07) is 14.1. The molecule has 174 valence electrons. The first-order valence-electron chi connectivity index (χ1n) is 9.28. The lowest BCUT2D eigenvalue weighted by molar-refractivity contribution is -0.192. The molecule has 3 rings (SSSR count). The lowest BCUT2D eigenvalue weighted by Crippen LogP contribution is -2.21. The third kappa shape index (κ3) is 6.20. The van der Waals surface area contributed by atoms with E-state index < -0.39 is 27.4 Å². The SMILES string of the molecule is Cc1ccc2oc(C(C)(C)c3cccc(S(=O)(=O)/C=C/C#N)c3)nc2c1.O=C(O)C(F)(F)F. The van der Waals surface area contributed by atoms with Gasteiger partial charge in [0.2, 0.25) is 15.7 Å². The Morgan fingerprint density at radius 2 is 1.82 bits per heavy atom. The zero-order chi connectivity index (χ0) is 25.0. The summed E-state index contributed by atoms with van der Waals surface area (Å²) in [5.41, 5.74) is 2.69. The number of rotatable bonds is 4. The Morgan fingerprint density at radius 1 is 1.18 bits per heavy atom. The number of carbonyl (C=O) groups is 1. The fourth-order valence-corrected chi connectivity index (χ4v) is 3.65. The van der Waals surface area contributed by atoms with Gasteiger partial charge in [0.25, 0.3) is 0 Å². The first kappa shape index (κ1) is 25.6. The number of aromatic nitrogens is 1. The minimum absolute atomic E-state index is 0.126. The number of aryl methyl sites for hydroxylation is 1. The van der Waals surface area contributed by atoms with Gasteiger partial charge in [-0.3, -0.25) is 0 Å². The van der Waals surface area contributed by atoms with E-state index in [-0.39, 0.29) is 4.90 Å². The molecule has 7 nitrogen and oxygen atoms in total. The average molecular weight is 480 g/mol. The molecule has 0 spiro atoms. The summed E-state index contributed by atoms with van der Waals surface area (Å²) in [5, 5.41) is 16.6. The lowest BCUT2D eigenvalue weighted by atomic mass is 9.84. The molecule has 0 aliphatic heterocycles. The quantitative estimate of drug-likeness (QED) is 0.527. The molecule has 11 heteroatoms. The van der Waals surface area contributed by atoms with Crippen molar-refractivity contribution in [1.29, 1.82) is 5.26 Å². The molecule has 0 aliphatic carbocycles. The molecule has 33 heavy (non-hydrogen) atoms. The predicted octanol–water partition coefficient (Wildman–Crippen LogP) is 4.91. The highest BCUT2D eigenvalue weighted by Crippen LogP contribution is 2.34. The Morgan fingerprint density at radius 3 is 2.39 bits per heavy atom. The van der Waals surface area contributed by atoms with Crippen molar-refractivity contribution < 1.29 is 35.9 Å². The smallest absolute Gasteiger partial charge is 0.475 e. The molecular formula is C22H19F3N2O5S. The van der Waals surface area contributed by atoms with E-state index in [0.29, 0.717) is 11.5 Å². The summed E-state index contributed by atoms with van der Waals surface area (Å²) in [6.45, 7) is 5.85.